The molecule has 74 heavy (non-hydrogen) atoms. The van der Waals surface area contributed by atoms with Gasteiger partial charge in [-0.25, -0.2) is 9.59 Å². The maximum absolute atomic E-state index is 11.3. The second kappa shape index (κ2) is 59.0. The predicted molar refractivity (Wildman–Crippen MR) is 313 cm³/mol. The van der Waals surface area contributed by atoms with Crippen molar-refractivity contribution in [3.8, 4) is 12.8 Å². The molecule has 2 aromatic rings. The summed E-state index contributed by atoms with van der Waals surface area (Å²) < 4.78 is 8.68. The molecule has 3 heterocycles. The fraction of sp³-hybridized carbons (Fsp3) is 0.559. The lowest BCUT2D eigenvalue weighted by molar-refractivity contribution is -0.129. The molecule has 0 spiro atoms. The Morgan fingerprint density at radius 1 is 0.635 bits per heavy atom. The second-order valence-electron chi connectivity index (χ2n) is 16.0. The van der Waals surface area contributed by atoms with Crippen LogP contribution in [0.4, 0.5) is 21.0 Å². The molecule has 0 bridgehead atoms. The summed E-state index contributed by atoms with van der Waals surface area (Å²) in [6.45, 7) is 38.4. The summed E-state index contributed by atoms with van der Waals surface area (Å²) in [5.74, 6) is -0.0780. The molecule has 2 aromatic carbocycles. The van der Waals surface area contributed by atoms with Crippen molar-refractivity contribution < 1.29 is 38.2 Å². The van der Waals surface area contributed by atoms with E-state index in [0.717, 1.165) is 63.2 Å². The topological polar surface area (TPSA) is 179 Å². The Hall–Kier alpha value is -6.56. The minimum absolute atomic E-state index is 0.0344. The van der Waals surface area contributed by atoms with E-state index in [9.17, 15) is 28.8 Å². The van der Waals surface area contributed by atoms with Crippen molar-refractivity contribution in [3.63, 3.8) is 0 Å². The second-order valence-corrected chi connectivity index (χ2v) is 16.0. The van der Waals surface area contributed by atoms with Gasteiger partial charge in [-0.3, -0.25) is 19.2 Å². The zero-order valence-electron chi connectivity index (χ0n) is 48.9. The summed E-state index contributed by atoms with van der Waals surface area (Å²) in [5, 5.41) is 9.75. The number of terminal acetylenes is 1. The first kappa shape index (κ1) is 78.9. The van der Waals surface area contributed by atoms with Crippen molar-refractivity contribution in [3.05, 3.63) is 96.7 Å². The molecule has 3 aliphatic heterocycles. The summed E-state index contributed by atoms with van der Waals surface area (Å²) in [5.41, 5.74) is 4.65. The van der Waals surface area contributed by atoms with Gasteiger partial charge in [0.25, 0.3) is 0 Å². The smallest absolute Gasteiger partial charge is 0.407 e. The van der Waals surface area contributed by atoms with Crippen LogP contribution >= 0.6 is 0 Å². The SMILES string of the molecule is C#C.C=C/C=C(\C=C/C)NC=O.CC.CC.CC.CC(C)(C)c1ccc(N2CCCC2)cc1.CCC.CCC.COC(=O)NCC(=O)N1CCCC1.COC(=O)NCC(=O)N1CCCC1.O=CNc1ccccc1. The lowest BCUT2D eigenvalue weighted by atomic mass is 9.87. The van der Waals surface area contributed by atoms with Gasteiger partial charge in [-0.05, 0) is 92.8 Å². The first-order chi connectivity index (χ1) is 35.7. The third kappa shape index (κ3) is 46.5. The molecule has 15 heteroatoms. The van der Waals surface area contributed by atoms with Crippen LogP contribution in [0.15, 0.2) is 91.2 Å². The largest absolute Gasteiger partial charge is 0.453 e. The van der Waals surface area contributed by atoms with Crippen LogP contribution in [0.2, 0.25) is 0 Å². The number of rotatable bonds is 11. The quantitative estimate of drug-likeness (QED) is 0.0968. The number of likely N-dealkylation sites (tertiary alicyclic amines) is 2. The summed E-state index contributed by atoms with van der Waals surface area (Å²) in [7, 11) is 2.55. The number of benzene rings is 2. The number of nitrogens with one attached hydrogen (secondary N) is 4. The monoisotopic (exact) mass is 1040 g/mol. The van der Waals surface area contributed by atoms with E-state index >= 15 is 0 Å². The minimum Gasteiger partial charge on any atom is -0.453 e. The van der Waals surface area contributed by atoms with Crippen LogP contribution in [-0.2, 0) is 34.1 Å². The van der Waals surface area contributed by atoms with E-state index in [1.165, 1.54) is 64.2 Å². The van der Waals surface area contributed by atoms with Crippen LogP contribution in [0.5, 0.6) is 0 Å². The number of carbonyl (C=O) groups is 6. The molecule has 0 atom stereocenters. The fourth-order valence-electron chi connectivity index (χ4n) is 5.87. The molecule has 6 amide bonds. The summed E-state index contributed by atoms with van der Waals surface area (Å²) in [6, 6.07) is 18.4. The first-order valence-corrected chi connectivity index (χ1v) is 26.4. The normalized spacial score (nSPS) is 12.3. The van der Waals surface area contributed by atoms with Gasteiger partial charge < -0.3 is 45.4 Å². The van der Waals surface area contributed by atoms with Gasteiger partial charge in [0, 0.05) is 56.3 Å². The van der Waals surface area contributed by atoms with Crippen LogP contribution < -0.4 is 26.2 Å². The van der Waals surface area contributed by atoms with E-state index in [4.69, 9.17) is 0 Å². The molecular weight excluding hydrogens is 935 g/mol. The molecule has 0 aliphatic carbocycles. The van der Waals surface area contributed by atoms with Crippen LogP contribution in [0, 0.1) is 12.8 Å². The zero-order chi connectivity index (χ0) is 58.0. The molecule has 3 saturated heterocycles. The van der Waals surface area contributed by atoms with E-state index in [0.29, 0.717) is 12.8 Å². The summed E-state index contributed by atoms with van der Waals surface area (Å²) >= 11 is 0. The summed E-state index contributed by atoms with van der Waals surface area (Å²) in [4.78, 5) is 69.7. The van der Waals surface area contributed by atoms with E-state index < -0.39 is 12.2 Å². The van der Waals surface area contributed by atoms with Crippen LogP contribution in [-0.4, -0.2) is 113 Å². The van der Waals surface area contributed by atoms with Crippen LogP contribution in [0.25, 0.3) is 0 Å². The highest BCUT2D eigenvalue weighted by Gasteiger charge is 2.19. The molecule has 0 saturated carbocycles. The van der Waals surface area contributed by atoms with Crippen LogP contribution in [0.1, 0.15) is 154 Å². The number of hydrogen-bond donors (Lipinski definition) is 4. The van der Waals surface area contributed by atoms with E-state index in [-0.39, 0.29) is 30.3 Å². The number of methoxy groups -OCH3 is 2. The predicted octanol–water partition coefficient (Wildman–Crippen LogP) is 12.3. The molecule has 0 unspecified atom stereocenters. The molecule has 3 aliphatic rings. The van der Waals surface area contributed by atoms with E-state index in [2.05, 4.69) is 128 Å². The third-order valence-corrected chi connectivity index (χ3v) is 9.13. The molecule has 0 aromatic heterocycles. The van der Waals surface area contributed by atoms with E-state index in [1.807, 2.05) is 84.9 Å². The van der Waals surface area contributed by atoms with Crippen molar-refractivity contribution in [1.82, 2.24) is 25.8 Å². The van der Waals surface area contributed by atoms with E-state index in [1.54, 1.807) is 28.0 Å². The number of ether oxygens (including phenoxy) is 2. The molecule has 4 N–H and O–H groups in total. The lowest BCUT2D eigenvalue weighted by Gasteiger charge is -2.22. The number of nitrogens with zero attached hydrogens (tertiary/aromatic N) is 3. The number of carbonyl (C=O) groups excluding carboxylic acids is 6. The number of anilines is 2. The Morgan fingerprint density at radius 3 is 1.32 bits per heavy atom. The lowest BCUT2D eigenvalue weighted by Crippen LogP contribution is -2.38. The Kier molecular flexibility index (Phi) is 62.9. The highest BCUT2D eigenvalue weighted by Crippen LogP contribution is 2.26. The number of hydrogen-bond acceptors (Lipinski definition) is 9. The average Bonchev–Trinajstić information content (AvgIpc) is 4.28. The number of para-hydroxylation sites is 1. The van der Waals surface area contributed by atoms with Gasteiger partial charge in [-0.2, -0.15) is 0 Å². The number of allylic oxidation sites excluding steroid dienone is 4. The maximum atomic E-state index is 11.3. The molecule has 3 fully saturated rings. The Labute approximate surface area is 450 Å². The van der Waals surface area contributed by atoms with Gasteiger partial charge >= 0.3 is 12.2 Å². The van der Waals surface area contributed by atoms with Crippen LogP contribution in [0.3, 0.4) is 0 Å². The van der Waals surface area contributed by atoms with Crippen molar-refractivity contribution in [2.75, 3.05) is 76.8 Å². The number of alkyl carbamates (subject to hydrolysis) is 2. The Balaban J connectivity index is -0.000000185. The third-order valence-electron chi connectivity index (χ3n) is 9.13. The molecule has 422 valence electrons. The molecule has 5 rings (SSSR count). The fourth-order valence-corrected chi connectivity index (χ4v) is 5.87. The summed E-state index contributed by atoms with van der Waals surface area (Å²) in [6.07, 6.45) is 24.6. The van der Waals surface area contributed by atoms with Crippen molar-refractivity contribution >= 4 is 48.2 Å². The van der Waals surface area contributed by atoms with Gasteiger partial charge in [0.05, 0.1) is 14.2 Å². The van der Waals surface area contributed by atoms with Gasteiger partial charge in [0.1, 0.15) is 13.1 Å². The Bertz CT molecular complexity index is 1660. The van der Waals surface area contributed by atoms with Gasteiger partial charge in [-0.1, -0.05) is 152 Å². The highest BCUT2D eigenvalue weighted by atomic mass is 16.5. The maximum Gasteiger partial charge on any atom is 0.407 e. The Morgan fingerprint density at radius 2 is 1.01 bits per heavy atom. The first-order valence-electron chi connectivity index (χ1n) is 26.4. The molecular formula is C59H103N7O8. The van der Waals surface area contributed by atoms with Crippen molar-refractivity contribution in [2.24, 2.45) is 0 Å². The number of amides is 6. The van der Waals surface area contributed by atoms with Crippen molar-refractivity contribution in [2.45, 2.75) is 154 Å². The highest BCUT2D eigenvalue weighted by molar-refractivity contribution is 5.83. The average molecular weight is 1040 g/mol. The van der Waals surface area contributed by atoms with Gasteiger partial charge in [-0.15, -0.1) is 12.8 Å². The van der Waals surface area contributed by atoms with Gasteiger partial charge in [0.15, 0.2) is 0 Å². The molecule has 15 nitrogen and oxygen atoms in total. The molecule has 0 radical (unpaired) electrons. The van der Waals surface area contributed by atoms with Gasteiger partial charge in [0.2, 0.25) is 24.6 Å². The minimum atomic E-state index is -0.562. The standard InChI is InChI=1S/C14H21N.2C8H14N2O3.C8H11NO.C7H7NO.2C3H8.3C2H6.C2H2/c1-14(2,3)12-6-8-13(9-7-12)15-10-4-5-11-15;2*1-13-8(12)9-6-7(11)10-4-2-3-5-10;1-3-5-8(6-4-2)9-7-10;9-6-8-7-4-2-1-3-5-7;2*1-3-2;4*1-2/h6-9H,4-5,10-11H2,1-3H3;2*2-6H2,1H3,(H,9,12);3-7H,1H2,2H3,(H,9,10);1-6H,(H,8,9);2*3H2,1-2H3;3*1-2H3;1-2H/b;;;6-4-,8-5+;;;;;;;. The zero-order valence-corrected chi connectivity index (χ0v) is 48.9. The van der Waals surface area contributed by atoms with Crippen molar-refractivity contribution in [1.29, 1.82) is 0 Å².